The van der Waals surface area contributed by atoms with E-state index in [0.29, 0.717) is 5.92 Å². The Balaban J connectivity index is 2.56. The predicted molar refractivity (Wildman–Crippen MR) is 58.7 cm³/mol. The van der Waals surface area contributed by atoms with Gasteiger partial charge in [0.1, 0.15) is 0 Å². The summed E-state index contributed by atoms with van der Waals surface area (Å²) in [5, 5.41) is 0. The Morgan fingerprint density at radius 2 is 1.92 bits per heavy atom. The van der Waals surface area contributed by atoms with E-state index in [1.165, 1.54) is 31.5 Å². The second-order valence-electron chi connectivity index (χ2n) is 3.68. The van der Waals surface area contributed by atoms with Crippen LogP contribution in [0.4, 0.5) is 0 Å². The van der Waals surface area contributed by atoms with Crippen molar-refractivity contribution in [3.8, 4) is 0 Å². The summed E-state index contributed by atoms with van der Waals surface area (Å²) in [7, 11) is 2.18. The molecule has 0 saturated carbocycles. The summed E-state index contributed by atoms with van der Waals surface area (Å²) in [6, 6.07) is 0. The van der Waals surface area contributed by atoms with Gasteiger partial charge in [0.15, 0.2) is 0 Å². The van der Waals surface area contributed by atoms with Gasteiger partial charge in [-0.05, 0) is 44.5 Å². The van der Waals surface area contributed by atoms with E-state index in [-0.39, 0.29) is 0 Å². The Labute approximate surface area is 81.4 Å². The number of piperidine rings is 1. The highest BCUT2D eigenvalue weighted by atomic mass is 15.1. The normalized spacial score (nSPS) is 21.5. The number of nitrogens with zero attached hydrogens (tertiary/aromatic N) is 1. The second-order valence-corrected chi connectivity index (χ2v) is 3.68. The molecule has 0 aromatic carbocycles. The second kappa shape index (κ2) is 5.03. The zero-order valence-corrected chi connectivity index (χ0v) is 8.50. The molecular weight excluding hydrogens is 158 g/mol. The Hall–Kier alpha value is -0.820. The van der Waals surface area contributed by atoms with Gasteiger partial charge in [0.05, 0.1) is 0 Å². The maximum atomic E-state index is 3.84. The molecule has 0 bridgehead atoms. The third-order valence-corrected chi connectivity index (χ3v) is 2.74. The standard InChI is InChI=1S/C12H19N/c1-4-6-11(5-2)12-7-9-13(3)10-8-12/h4-6,12H,1-2,7-10H2,3H3/b11-6+. The van der Waals surface area contributed by atoms with Crippen molar-refractivity contribution in [1.29, 1.82) is 0 Å². The van der Waals surface area contributed by atoms with Gasteiger partial charge in [0.25, 0.3) is 0 Å². The molecule has 1 aliphatic heterocycles. The molecule has 0 radical (unpaired) electrons. The molecule has 72 valence electrons. The summed E-state index contributed by atoms with van der Waals surface area (Å²) < 4.78 is 0. The van der Waals surface area contributed by atoms with E-state index in [1.54, 1.807) is 0 Å². The maximum absolute atomic E-state index is 3.84. The summed E-state index contributed by atoms with van der Waals surface area (Å²) in [4.78, 5) is 2.38. The average Bonchev–Trinajstić information content (AvgIpc) is 2.16. The van der Waals surface area contributed by atoms with E-state index >= 15 is 0 Å². The third-order valence-electron chi connectivity index (χ3n) is 2.74. The van der Waals surface area contributed by atoms with Crippen molar-refractivity contribution in [3.63, 3.8) is 0 Å². The van der Waals surface area contributed by atoms with Crippen LogP contribution < -0.4 is 0 Å². The molecule has 1 fully saturated rings. The fourth-order valence-electron chi connectivity index (χ4n) is 1.85. The predicted octanol–water partition coefficient (Wildman–Crippen LogP) is 2.63. The first-order valence-electron chi connectivity index (χ1n) is 4.91. The lowest BCUT2D eigenvalue weighted by Gasteiger charge is -2.29. The Morgan fingerprint density at radius 1 is 1.31 bits per heavy atom. The van der Waals surface area contributed by atoms with Crippen LogP contribution in [0.3, 0.4) is 0 Å². The number of allylic oxidation sites excluding steroid dienone is 4. The number of likely N-dealkylation sites (tertiary alicyclic amines) is 1. The molecule has 1 heteroatoms. The van der Waals surface area contributed by atoms with Gasteiger partial charge in [0.2, 0.25) is 0 Å². The van der Waals surface area contributed by atoms with E-state index in [1.807, 2.05) is 12.2 Å². The quantitative estimate of drug-likeness (QED) is 0.599. The summed E-state index contributed by atoms with van der Waals surface area (Å²) in [6.07, 6.45) is 8.42. The lowest BCUT2D eigenvalue weighted by molar-refractivity contribution is 0.240. The topological polar surface area (TPSA) is 3.24 Å². The van der Waals surface area contributed by atoms with Gasteiger partial charge in [0, 0.05) is 0 Å². The molecule has 1 heterocycles. The Kier molecular flexibility index (Phi) is 3.97. The van der Waals surface area contributed by atoms with Gasteiger partial charge in [-0.2, -0.15) is 0 Å². The van der Waals surface area contributed by atoms with Crippen molar-refractivity contribution >= 4 is 0 Å². The van der Waals surface area contributed by atoms with Gasteiger partial charge in [-0.15, -0.1) is 0 Å². The molecule has 13 heavy (non-hydrogen) atoms. The molecule has 0 aromatic heterocycles. The largest absolute Gasteiger partial charge is 0.306 e. The molecular formula is C12H19N. The SMILES string of the molecule is C=C/C=C(\C=C)C1CCN(C)CC1. The average molecular weight is 177 g/mol. The van der Waals surface area contributed by atoms with Crippen LogP contribution in [-0.4, -0.2) is 25.0 Å². The van der Waals surface area contributed by atoms with Crippen molar-refractivity contribution in [2.75, 3.05) is 20.1 Å². The van der Waals surface area contributed by atoms with Crippen LogP contribution in [0, 0.1) is 5.92 Å². The molecule has 0 aliphatic carbocycles. The highest BCUT2D eigenvalue weighted by molar-refractivity contribution is 5.24. The first-order chi connectivity index (χ1) is 6.27. The maximum Gasteiger partial charge on any atom is -0.00159 e. The number of hydrogen-bond acceptors (Lipinski definition) is 1. The Morgan fingerprint density at radius 3 is 2.38 bits per heavy atom. The van der Waals surface area contributed by atoms with Gasteiger partial charge < -0.3 is 4.90 Å². The fraction of sp³-hybridized carbons (Fsp3) is 0.500. The van der Waals surface area contributed by atoms with E-state index in [9.17, 15) is 0 Å². The molecule has 0 unspecified atom stereocenters. The highest BCUT2D eigenvalue weighted by Crippen LogP contribution is 2.24. The van der Waals surface area contributed by atoms with Crippen LogP contribution in [0.2, 0.25) is 0 Å². The van der Waals surface area contributed by atoms with Gasteiger partial charge in [-0.3, -0.25) is 0 Å². The molecule has 1 rings (SSSR count). The van der Waals surface area contributed by atoms with E-state index in [4.69, 9.17) is 0 Å². The van der Waals surface area contributed by atoms with Crippen molar-refractivity contribution < 1.29 is 0 Å². The molecule has 1 nitrogen and oxygen atoms in total. The third kappa shape index (κ3) is 2.85. The molecule has 0 atom stereocenters. The summed E-state index contributed by atoms with van der Waals surface area (Å²) >= 11 is 0. The molecule has 1 saturated heterocycles. The highest BCUT2D eigenvalue weighted by Gasteiger charge is 2.17. The minimum atomic E-state index is 0.701. The number of hydrogen-bond donors (Lipinski definition) is 0. The monoisotopic (exact) mass is 177 g/mol. The minimum Gasteiger partial charge on any atom is -0.306 e. The van der Waals surface area contributed by atoms with Crippen molar-refractivity contribution in [3.05, 3.63) is 37.0 Å². The van der Waals surface area contributed by atoms with Crippen molar-refractivity contribution in [2.45, 2.75) is 12.8 Å². The number of rotatable bonds is 3. The zero-order chi connectivity index (χ0) is 9.68. The summed E-state index contributed by atoms with van der Waals surface area (Å²) in [5.41, 5.74) is 1.35. The summed E-state index contributed by atoms with van der Waals surface area (Å²) in [6.45, 7) is 9.97. The van der Waals surface area contributed by atoms with Crippen LogP contribution in [0.5, 0.6) is 0 Å². The lowest BCUT2D eigenvalue weighted by atomic mass is 9.89. The van der Waals surface area contributed by atoms with Crippen LogP contribution in [0.1, 0.15) is 12.8 Å². The van der Waals surface area contributed by atoms with Crippen LogP contribution >= 0.6 is 0 Å². The van der Waals surface area contributed by atoms with E-state index in [0.717, 1.165) is 0 Å². The van der Waals surface area contributed by atoms with Crippen molar-refractivity contribution in [2.24, 2.45) is 5.92 Å². The molecule has 0 amide bonds. The van der Waals surface area contributed by atoms with Crippen LogP contribution in [-0.2, 0) is 0 Å². The van der Waals surface area contributed by atoms with E-state index in [2.05, 4.69) is 31.2 Å². The molecule has 0 N–H and O–H groups in total. The minimum absolute atomic E-state index is 0.701. The Bertz CT molecular complexity index is 207. The first kappa shape index (κ1) is 10.3. The van der Waals surface area contributed by atoms with Gasteiger partial charge in [-0.25, -0.2) is 0 Å². The van der Waals surface area contributed by atoms with Gasteiger partial charge >= 0.3 is 0 Å². The first-order valence-corrected chi connectivity index (χ1v) is 4.91. The van der Waals surface area contributed by atoms with Crippen LogP contribution in [0.15, 0.2) is 37.0 Å². The molecule has 0 spiro atoms. The summed E-state index contributed by atoms with van der Waals surface area (Å²) in [5.74, 6) is 0.701. The fourth-order valence-corrected chi connectivity index (χ4v) is 1.85. The van der Waals surface area contributed by atoms with E-state index < -0.39 is 0 Å². The van der Waals surface area contributed by atoms with Crippen LogP contribution in [0.25, 0.3) is 0 Å². The zero-order valence-electron chi connectivity index (χ0n) is 8.50. The molecule has 0 aromatic rings. The van der Waals surface area contributed by atoms with Crippen molar-refractivity contribution in [1.82, 2.24) is 4.90 Å². The smallest absolute Gasteiger partial charge is 0.00159 e. The van der Waals surface area contributed by atoms with Gasteiger partial charge in [-0.1, -0.05) is 31.4 Å². The lowest BCUT2D eigenvalue weighted by Crippen LogP contribution is -2.30. The molecule has 1 aliphatic rings.